The fourth-order valence-corrected chi connectivity index (χ4v) is 3.69. The largest absolute Gasteiger partial charge is 0.489 e. The van der Waals surface area contributed by atoms with E-state index in [9.17, 15) is 9.59 Å². The van der Waals surface area contributed by atoms with Crippen LogP contribution in [0, 0.1) is 0 Å². The molecular weight excluding hydrogens is 392 g/mol. The SMILES string of the molecule is C=CC(=O)N1CCC[C@@H](n2cc(C(N)=O)c(-c3ccc(OC(C)C)c(Cl)c3)n2)C1. The Bertz CT molecular complexity index is 938. The first-order valence-electron chi connectivity index (χ1n) is 9.57. The average Bonchev–Trinajstić information content (AvgIpc) is 3.14. The molecule has 7 nitrogen and oxygen atoms in total. The number of nitrogens with zero attached hydrogens (tertiary/aromatic N) is 3. The highest BCUT2D eigenvalue weighted by Crippen LogP contribution is 2.33. The van der Waals surface area contributed by atoms with Crippen LogP contribution in [-0.4, -0.2) is 45.7 Å². The first-order valence-corrected chi connectivity index (χ1v) is 9.94. The molecule has 0 spiro atoms. The lowest BCUT2D eigenvalue weighted by Gasteiger charge is -2.32. The molecule has 3 rings (SSSR count). The maximum absolute atomic E-state index is 12.0. The van der Waals surface area contributed by atoms with Crippen molar-refractivity contribution in [1.29, 1.82) is 0 Å². The van der Waals surface area contributed by atoms with Gasteiger partial charge in [0.25, 0.3) is 5.91 Å². The molecule has 2 heterocycles. The topological polar surface area (TPSA) is 90.5 Å². The van der Waals surface area contributed by atoms with Gasteiger partial charge in [-0.3, -0.25) is 14.3 Å². The van der Waals surface area contributed by atoms with Gasteiger partial charge in [0.05, 0.1) is 22.7 Å². The Hall–Kier alpha value is -2.80. The molecule has 1 saturated heterocycles. The molecular formula is C21H25ClN4O3. The van der Waals surface area contributed by atoms with Crippen LogP contribution in [0.1, 0.15) is 43.1 Å². The van der Waals surface area contributed by atoms with Crippen molar-refractivity contribution < 1.29 is 14.3 Å². The summed E-state index contributed by atoms with van der Waals surface area (Å²) in [6, 6.07) is 5.23. The van der Waals surface area contributed by atoms with E-state index in [1.807, 2.05) is 13.8 Å². The molecule has 1 atom stereocenters. The van der Waals surface area contributed by atoms with Crippen LogP contribution in [0.5, 0.6) is 5.75 Å². The standard InChI is InChI=1S/C21H25ClN4O3/c1-4-19(27)25-9-5-6-15(11-25)26-12-16(21(23)28)20(24-26)14-7-8-18(17(22)10-14)29-13(2)3/h4,7-8,10,12-13,15H,1,5-6,9,11H2,2-3H3,(H2,23,28)/t15-/m1/s1. The van der Waals surface area contributed by atoms with Crippen molar-refractivity contribution in [3.63, 3.8) is 0 Å². The van der Waals surface area contributed by atoms with Crippen LogP contribution in [0.25, 0.3) is 11.3 Å². The zero-order chi connectivity index (χ0) is 21.1. The third kappa shape index (κ3) is 4.62. The third-order valence-corrected chi connectivity index (χ3v) is 5.12. The van der Waals surface area contributed by atoms with Gasteiger partial charge in [0.2, 0.25) is 5.91 Å². The molecule has 1 fully saturated rings. The highest BCUT2D eigenvalue weighted by atomic mass is 35.5. The molecule has 1 aromatic heterocycles. The van der Waals surface area contributed by atoms with Crippen molar-refractivity contribution in [2.45, 2.75) is 38.8 Å². The number of ether oxygens (including phenoxy) is 1. The Labute approximate surface area is 175 Å². The summed E-state index contributed by atoms with van der Waals surface area (Å²) in [5.74, 6) is -0.110. The number of benzene rings is 1. The zero-order valence-corrected chi connectivity index (χ0v) is 17.4. The minimum Gasteiger partial charge on any atom is -0.489 e. The maximum atomic E-state index is 12.0. The van der Waals surface area contributed by atoms with Crippen molar-refractivity contribution in [2.75, 3.05) is 13.1 Å². The Kier molecular flexibility index (Phi) is 6.27. The van der Waals surface area contributed by atoms with E-state index in [0.717, 1.165) is 12.8 Å². The molecule has 154 valence electrons. The van der Waals surface area contributed by atoms with Crippen LogP contribution in [0.15, 0.2) is 37.1 Å². The van der Waals surface area contributed by atoms with Crippen LogP contribution in [0.4, 0.5) is 0 Å². The summed E-state index contributed by atoms with van der Waals surface area (Å²) in [5, 5.41) is 5.06. The fourth-order valence-electron chi connectivity index (χ4n) is 3.47. The van der Waals surface area contributed by atoms with Gasteiger partial charge in [-0.25, -0.2) is 0 Å². The number of primary amides is 1. The van der Waals surface area contributed by atoms with E-state index in [0.29, 0.717) is 40.7 Å². The highest BCUT2D eigenvalue weighted by molar-refractivity contribution is 6.32. The monoisotopic (exact) mass is 416 g/mol. The molecule has 8 heteroatoms. The van der Waals surface area contributed by atoms with Gasteiger partial charge in [-0.2, -0.15) is 5.10 Å². The lowest BCUT2D eigenvalue weighted by atomic mass is 10.1. The van der Waals surface area contributed by atoms with Gasteiger partial charge in [0, 0.05) is 24.8 Å². The summed E-state index contributed by atoms with van der Waals surface area (Å²) in [6.07, 6.45) is 4.65. The number of hydrogen-bond acceptors (Lipinski definition) is 4. The van der Waals surface area contributed by atoms with Gasteiger partial charge in [0.1, 0.15) is 11.4 Å². The Morgan fingerprint density at radius 2 is 2.17 bits per heavy atom. The molecule has 1 aromatic carbocycles. The van der Waals surface area contributed by atoms with Gasteiger partial charge in [-0.15, -0.1) is 0 Å². The average molecular weight is 417 g/mol. The van der Waals surface area contributed by atoms with Gasteiger partial charge in [-0.1, -0.05) is 18.2 Å². The van der Waals surface area contributed by atoms with Crippen molar-refractivity contribution in [1.82, 2.24) is 14.7 Å². The number of carbonyl (C=O) groups excluding carboxylic acids is 2. The second-order valence-corrected chi connectivity index (χ2v) is 7.74. The number of rotatable bonds is 6. The molecule has 2 amide bonds. The number of carbonyl (C=O) groups is 2. The third-order valence-electron chi connectivity index (χ3n) is 4.82. The summed E-state index contributed by atoms with van der Waals surface area (Å²) in [5.41, 5.74) is 7.04. The van der Waals surface area contributed by atoms with E-state index in [1.54, 1.807) is 34.0 Å². The number of hydrogen-bond donors (Lipinski definition) is 1. The predicted octanol–water partition coefficient (Wildman–Crippen LogP) is 3.44. The Morgan fingerprint density at radius 3 is 2.79 bits per heavy atom. The molecule has 0 unspecified atom stereocenters. The van der Waals surface area contributed by atoms with Crippen molar-refractivity contribution in [2.24, 2.45) is 5.73 Å². The van der Waals surface area contributed by atoms with Crippen LogP contribution in [-0.2, 0) is 4.79 Å². The van der Waals surface area contributed by atoms with Crippen LogP contribution in [0.3, 0.4) is 0 Å². The Balaban J connectivity index is 1.93. The van der Waals surface area contributed by atoms with Crippen molar-refractivity contribution >= 4 is 23.4 Å². The van der Waals surface area contributed by atoms with E-state index in [2.05, 4.69) is 11.7 Å². The normalized spacial score (nSPS) is 16.7. The van der Waals surface area contributed by atoms with Gasteiger partial charge < -0.3 is 15.4 Å². The number of nitrogens with two attached hydrogens (primary N) is 1. The summed E-state index contributed by atoms with van der Waals surface area (Å²) < 4.78 is 7.39. The molecule has 1 aliphatic rings. The van der Waals surface area contributed by atoms with E-state index in [-0.39, 0.29) is 18.1 Å². The highest BCUT2D eigenvalue weighted by Gasteiger charge is 2.26. The van der Waals surface area contributed by atoms with Gasteiger partial charge in [-0.05, 0) is 51.0 Å². The van der Waals surface area contributed by atoms with Crippen LogP contribution in [0.2, 0.25) is 5.02 Å². The minimum absolute atomic E-state index is 0.00809. The smallest absolute Gasteiger partial charge is 0.252 e. The number of amides is 2. The number of aromatic nitrogens is 2. The molecule has 0 saturated carbocycles. The Morgan fingerprint density at radius 1 is 1.41 bits per heavy atom. The molecule has 2 aromatic rings. The molecule has 2 N–H and O–H groups in total. The van der Waals surface area contributed by atoms with Gasteiger partial charge in [0.15, 0.2) is 0 Å². The molecule has 1 aliphatic heterocycles. The molecule has 29 heavy (non-hydrogen) atoms. The van der Waals surface area contributed by atoms with E-state index in [1.165, 1.54) is 6.08 Å². The summed E-state index contributed by atoms with van der Waals surface area (Å²) in [7, 11) is 0. The first kappa shape index (κ1) is 20.9. The molecule has 0 aliphatic carbocycles. The molecule has 0 bridgehead atoms. The van der Waals surface area contributed by atoms with E-state index < -0.39 is 5.91 Å². The second kappa shape index (κ2) is 8.69. The lowest BCUT2D eigenvalue weighted by Crippen LogP contribution is -2.40. The van der Waals surface area contributed by atoms with Crippen LogP contribution < -0.4 is 10.5 Å². The number of piperidine rings is 1. The quantitative estimate of drug-likeness (QED) is 0.730. The van der Waals surface area contributed by atoms with Crippen molar-refractivity contribution in [3.05, 3.63) is 47.6 Å². The predicted molar refractivity (Wildman–Crippen MR) is 112 cm³/mol. The van der Waals surface area contributed by atoms with Gasteiger partial charge >= 0.3 is 0 Å². The summed E-state index contributed by atoms with van der Waals surface area (Å²) >= 11 is 6.35. The summed E-state index contributed by atoms with van der Waals surface area (Å²) in [4.78, 5) is 25.7. The van der Waals surface area contributed by atoms with Crippen LogP contribution >= 0.6 is 11.6 Å². The summed E-state index contributed by atoms with van der Waals surface area (Å²) in [6.45, 7) is 8.58. The maximum Gasteiger partial charge on any atom is 0.252 e. The van der Waals surface area contributed by atoms with E-state index >= 15 is 0 Å². The zero-order valence-electron chi connectivity index (χ0n) is 16.6. The lowest BCUT2D eigenvalue weighted by molar-refractivity contribution is -0.127. The second-order valence-electron chi connectivity index (χ2n) is 7.33. The van der Waals surface area contributed by atoms with Crippen molar-refractivity contribution in [3.8, 4) is 17.0 Å². The minimum atomic E-state index is -0.570. The number of likely N-dealkylation sites (tertiary alicyclic amines) is 1. The molecule has 0 radical (unpaired) electrons. The van der Waals surface area contributed by atoms with E-state index in [4.69, 9.17) is 22.1 Å². The fraction of sp³-hybridized carbons (Fsp3) is 0.381. The number of halogens is 1. The first-order chi connectivity index (χ1) is 13.8.